The molecule has 0 atom stereocenters. The van der Waals surface area contributed by atoms with E-state index < -0.39 is 0 Å². The smallest absolute Gasteiger partial charge is 0.258 e. The Morgan fingerprint density at radius 2 is 0.783 bits per heavy atom. The fourth-order valence-electron chi connectivity index (χ4n) is 9.57. The lowest BCUT2D eigenvalue weighted by Gasteiger charge is -2.35. The minimum atomic E-state index is 0.0834. The van der Waals surface area contributed by atoms with Crippen molar-refractivity contribution in [3.8, 4) is 11.4 Å². The predicted molar refractivity (Wildman–Crippen MR) is 190 cm³/mol. The van der Waals surface area contributed by atoms with E-state index in [2.05, 4.69) is 156 Å². The first kappa shape index (κ1) is 22.4. The zero-order valence-corrected chi connectivity index (χ0v) is 24.5. The van der Waals surface area contributed by atoms with Gasteiger partial charge in [-0.25, -0.2) is 0 Å². The molecule has 210 valence electrons. The third-order valence-corrected chi connectivity index (χ3v) is 11.0. The zero-order chi connectivity index (χ0) is 29.4. The minimum absolute atomic E-state index is 0.0834. The van der Waals surface area contributed by atoms with Gasteiger partial charge in [0.15, 0.2) is 0 Å². The van der Waals surface area contributed by atoms with Crippen LogP contribution >= 0.6 is 0 Å². The molecule has 10 aromatic rings. The van der Waals surface area contributed by atoms with E-state index in [4.69, 9.17) is 0 Å². The summed E-state index contributed by atoms with van der Waals surface area (Å²) in [6, 6.07) is 49.5. The number of hydrogen-bond acceptors (Lipinski definition) is 1. The van der Waals surface area contributed by atoms with Gasteiger partial charge in [0, 0.05) is 27.8 Å². The van der Waals surface area contributed by atoms with Gasteiger partial charge in [-0.15, -0.1) is 0 Å². The van der Waals surface area contributed by atoms with E-state index in [1.165, 1.54) is 100.0 Å². The van der Waals surface area contributed by atoms with Gasteiger partial charge in [-0.1, -0.05) is 60.7 Å². The summed E-state index contributed by atoms with van der Waals surface area (Å²) in [5.41, 5.74) is 20.4. The average molecular weight is 583 g/mol. The highest BCUT2D eigenvalue weighted by molar-refractivity contribution is 7.03. The van der Waals surface area contributed by atoms with Crippen molar-refractivity contribution in [2.24, 2.45) is 0 Å². The Morgan fingerprint density at radius 3 is 1.33 bits per heavy atom. The molecule has 0 saturated carbocycles. The molecule has 0 saturated heterocycles. The van der Waals surface area contributed by atoms with Crippen LogP contribution in [0.4, 0.5) is 17.1 Å². The molecule has 0 amide bonds. The standard InChI is InChI=1S/C40H22BN5/c1-2-11-23(12-3-1)42-28-17-8-19-30-34(28)37-39-43(30)24-13-4-6-15-26(24)45(39)32-21-10-22-33-36(32)41(37)38-35-29(42)18-9-20-31(35)44-25-14-5-7-16-27(25)46(33)40(38)44/h1-22H. The number of anilines is 3. The van der Waals surface area contributed by atoms with Crippen LogP contribution in [-0.2, 0) is 0 Å². The second-order valence-electron chi connectivity index (χ2n) is 13.0. The number of nitrogens with zero attached hydrogens (tertiary/aromatic N) is 5. The molecule has 5 nitrogen and oxygen atoms in total. The molecule has 0 fully saturated rings. The summed E-state index contributed by atoms with van der Waals surface area (Å²) in [5.74, 6) is 0. The molecule has 0 unspecified atom stereocenters. The molecule has 0 spiro atoms. The molecule has 0 aliphatic carbocycles. The summed E-state index contributed by atoms with van der Waals surface area (Å²) in [6.07, 6.45) is 0. The molecule has 6 heteroatoms. The molecule has 3 aliphatic rings. The van der Waals surface area contributed by atoms with Gasteiger partial charge in [0.05, 0.1) is 44.5 Å². The van der Waals surface area contributed by atoms with Crippen LogP contribution in [-0.4, -0.2) is 24.6 Å². The lowest BCUT2D eigenvalue weighted by atomic mass is 9.34. The van der Waals surface area contributed by atoms with Gasteiger partial charge >= 0.3 is 0 Å². The Morgan fingerprint density at radius 1 is 0.348 bits per heavy atom. The van der Waals surface area contributed by atoms with Crippen LogP contribution in [0.15, 0.2) is 133 Å². The van der Waals surface area contributed by atoms with Crippen LogP contribution in [0.1, 0.15) is 0 Å². The predicted octanol–water partition coefficient (Wildman–Crippen LogP) is 7.31. The largest absolute Gasteiger partial charge is 0.309 e. The molecule has 46 heavy (non-hydrogen) atoms. The molecule has 0 bridgehead atoms. The summed E-state index contributed by atoms with van der Waals surface area (Å²) in [4.78, 5) is 2.52. The van der Waals surface area contributed by atoms with Crippen molar-refractivity contribution in [2.75, 3.05) is 4.90 Å². The molecular weight excluding hydrogens is 561 g/mol. The van der Waals surface area contributed by atoms with Crippen molar-refractivity contribution >= 4 is 95.3 Å². The van der Waals surface area contributed by atoms with Gasteiger partial charge in [0.1, 0.15) is 11.3 Å². The maximum absolute atomic E-state index is 2.55. The number of benzene rings is 6. The molecule has 4 aromatic heterocycles. The highest BCUT2D eigenvalue weighted by atomic mass is 15.2. The van der Waals surface area contributed by atoms with Crippen molar-refractivity contribution in [1.82, 2.24) is 17.9 Å². The molecule has 3 aliphatic heterocycles. The normalized spacial score (nSPS) is 14.0. The van der Waals surface area contributed by atoms with Gasteiger partial charge in [-0.3, -0.25) is 17.9 Å². The Bertz CT molecular complexity index is 2860. The fraction of sp³-hybridized carbons (Fsp3) is 0. The van der Waals surface area contributed by atoms with Crippen LogP contribution in [0.5, 0.6) is 0 Å². The highest BCUT2D eigenvalue weighted by Crippen LogP contribution is 2.47. The maximum Gasteiger partial charge on any atom is 0.258 e. The SMILES string of the molecule is c1ccc(N2c3cccc4c3c3c5n(c6ccccc6n45)-c4cccc5c4B3c3c4c2cccc4n2c4ccccc4n-5c32)cc1. The van der Waals surface area contributed by atoms with Gasteiger partial charge in [-0.05, 0) is 89.2 Å². The summed E-state index contributed by atoms with van der Waals surface area (Å²) < 4.78 is 10.2. The monoisotopic (exact) mass is 583 g/mol. The fourth-order valence-corrected chi connectivity index (χ4v) is 9.57. The van der Waals surface area contributed by atoms with Gasteiger partial charge in [0.25, 0.3) is 6.71 Å². The van der Waals surface area contributed by atoms with Crippen LogP contribution in [0, 0.1) is 0 Å². The first-order valence-corrected chi connectivity index (χ1v) is 16.0. The van der Waals surface area contributed by atoms with E-state index in [1.807, 2.05) is 0 Å². The third kappa shape index (κ3) is 2.17. The van der Waals surface area contributed by atoms with E-state index >= 15 is 0 Å². The van der Waals surface area contributed by atoms with Crippen molar-refractivity contribution in [2.45, 2.75) is 0 Å². The average Bonchev–Trinajstić information content (AvgIpc) is 3.83. The van der Waals surface area contributed by atoms with E-state index in [0.29, 0.717) is 0 Å². The lowest BCUT2D eigenvalue weighted by Crippen LogP contribution is -2.59. The third-order valence-electron chi connectivity index (χ3n) is 11.0. The first-order chi connectivity index (χ1) is 22.9. The first-order valence-electron chi connectivity index (χ1n) is 16.0. The topological polar surface area (TPSA) is 21.9 Å². The summed E-state index contributed by atoms with van der Waals surface area (Å²) in [5, 5.41) is 2.66. The van der Waals surface area contributed by atoms with Crippen molar-refractivity contribution in [3.05, 3.63) is 133 Å². The second kappa shape index (κ2) is 7.22. The Labute approximate surface area is 262 Å². The van der Waals surface area contributed by atoms with E-state index in [0.717, 1.165) is 0 Å². The van der Waals surface area contributed by atoms with Crippen molar-refractivity contribution < 1.29 is 0 Å². The summed E-state index contributed by atoms with van der Waals surface area (Å²) >= 11 is 0. The molecule has 7 heterocycles. The van der Waals surface area contributed by atoms with E-state index in [1.54, 1.807) is 0 Å². The van der Waals surface area contributed by atoms with Crippen LogP contribution < -0.4 is 21.3 Å². The maximum atomic E-state index is 2.55. The number of rotatable bonds is 1. The van der Waals surface area contributed by atoms with Gasteiger partial charge < -0.3 is 4.90 Å². The quantitative estimate of drug-likeness (QED) is 0.186. The number of fused-ring (bicyclic) bond motifs is 10. The van der Waals surface area contributed by atoms with Gasteiger partial charge in [-0.2, -0.15) is 0 Å². The lowest BCUT2D eigenvalue weighted by molar-refractivity contribution is 1.12. The number of para-hydroxylation sites is 5. The van der Waals surface area contributed by atoms with E-state index in [9.17, 15) is 0 Å². The number of hydrogen-bond donors (Lipinski definition) is 0. The summed E-state index contributed by atoms with van der Waals surface area (Å²) in [7, 11) is 0. The van der Waals surface area contributed by atoms with Crippen LogP contribution in [0.25, 0.3) is 66.5 Å². The van der Waals surface area contributed by atoms with Crippen molar-refractivity contribution in [3.63, 3.8) is 0 Å². The molecular formula is C40H22BN5. The van der Waals surface area contributed by atoms with E-state index in [-0.39, 0.29) is 6.71 Å². The van der Waals surface area contributed by atoms with Crippen LogP contribution in [0.3, 0.4) is 0 Å². The Balaban J connectivity index is 1.40. The minimum Gasteiger partial charge on any atom is -0.309 e. The number of aromatic nitrogens is 4. The Kier molecular flexibility index (Phi) is 3.51. The summed E-state index contributed by atoms with van der Waals surface area (Å²) in [6.45, 7) is 0.0834. The van der Waals surface area contributed by atoms with Crippen molar-refractivity contribution in [1.29, 1.82) is 0 Å². The molecule has 0 N–H and O–H groups in total. The van der Waals surface area contributed by atoms with Crippen LogP contribution in [0.2, 0.25) is 0 Å². The molecule has 6 aromatic carbocycles. The zero-order valence-electron chi connectivity index (χ0n) is 24.5. The highest BCUT2D eigenvalue weighted by Gasteiger charge is 2.47. The molecule has 13 rings (SSSR count). The van der Waals surface area contributed by atoms with Gasteiger partial charge in [0.2, 0.25) is 0 Å². The number of imidazole rings is 2. The Hall–Kier alpha value is -6.14. The molecule has 0 radical (unpaired) electrons. The second-order valence-corrected chi connectivity index (χ2v) is 13.0.